The molecule has 0 aromatic carbocycles. The van der Waals surface area contributed by atoms with Crippen molar-refractivity contribution in [1.29, 1.82) is 0 Å². The Balaban J connectivity index is 1.65. The molecule has 1 atom stereocenters. The highest BCUT2D eigenvalue weighted by Crippen LogP contribution is 2.21. The summed E-state index contributed by atoms with van der Waals surface area (Å²) < 4.78 is 5.42. The molecule has 0 aliphatic carbocycles. The average Bonchev–Trinajstić information content (AvgIpc) is 2.63. The highest BCUT2D eigenvalue weighted by atomic mass is 16.5. The maximum absolute atomic E-state index is 12.9. The third kappa shape index (κ3) is 4.21. The van der Waals surface area contributed by atoms with Crippen LogP contribution in [-0.2, 0) is 4.74 Å². The minimum Gasteiger partial charge on any atom is -0.379 e. The number of nitrogens with one attached hydrogen (secondary N) is 1. The van der Waals surface area contributed by atoms with Crippen LogP contribution in [0.4, 0.5) is 5.95 Å². The smallest absolute Gasteiger partial charge is 0.257 e. The minimum absolute atomic E-state index is 0.0519. The Morgan fingerprint density at radius 2 is 2.00 bits per heavy atom. The molecule has 0 saturated carbocycles. The van der Waals surface area contributed by atoms with Gasteiger partial charge >= 0.3 is 0 Å². The van der Waals surface area contributed by atoms with Crippen LogP contribution in [0.2, 0.25) is 0 Å². The SMILES string of the molecule is CCNc1ncc(C(=O)N2CCCC[C@@H]2CN2CCOCC2)cn1. The fourth-order valence-electron chi connectivity index (χ4n) is 3.39. The molecule has 2 aliphatic rings. The molecule has 0 unspecified atom stereocenters. The summed E-state index contributed by atoms with van der Waals surface area (Å²) in [4.78, 5) is 25.8. The third-order valence-corrected chi connectivity index (χ3v) is 4.69. The summed E-state index contributed by atoms with van der Waals surface area (Å²) in [6.07, 6.45) is 6.59. The zero-order valence-electron chi connectivity index (χ0n) is 14.4. The van der Waals surface area contributed by atoms with E-state index in [-0.39, 0.29) is 11.9 Å². The zero-order valence-corrected chi connectivity index (χ0v) is 14.4. The van der Waals surface area contributed by atoms with E-state index in [1.165, 1.54) is 6.42 Å². The van der Waals surface area contributed by atoms with Crippen molar-refractivity contribution in [2.24, 2.45) is 0 Å². The minimum atomic E-state index is 0.0519. The van der Waals surface area contributed by atoms with Crippen LogP contribution in [-0.4, -0.2) is 77.7 Å². The number of carbonyl (C=O) groups excluding carboxylic acids is 1. The molecule has 132 valence electrons. The Bertz CT molecular complexity index is 530. The number of aromatic nitrogens is 2. The number of likely N-dealkylation sites (tertiary alicyclic amines) is 1. The Labute approximate surface area is 143 Å². The van der Waals surface area contributed by atoms with Crippen molar-refractivity contribution < 1.29 is 9.53 Å². The molecule has 7 nitrogen and oxygen atoms in total. The van der Waals surface area contributed by atoms with Crippen LogP contribution in [0.1, 0.15) is 36.5 Å². The van der Waals surface area contributed by atoms with Gasteiger partial charge in [0, 0.05) is 51.2 Å². The number of anilines is 1. The van der Waals surface area contributed by atoms with Gasteiger partial charge in [-0.1, -0.05) is 0 Å². The Kier molecular flexibility index (Phi) is 5.98. The Morgan fingerprint density at radius 1 is 1.25 bits per heavy atom. The number of carbonyl (C=O) groups is 1. The van der Waals surface area contributed by atoms with Gasteiger partial charge in [-0.25, -0.2) is 9.97 Å². The molecule has 24 heavy (non-hydrogen) atoms. The summed E-state index contributed by atoms with van der Waals surface area (Å²) in [5.74, 6) is 0.619. The zero-order chi connectivity index (χ0) is 16.8. The molecule has 2 aliphatic heterocycles. The van der Waals surface area contributed by atoms with Crippen molar-refractivity contribution in [1.82, 2.24) is 19.8 Å². The van der Waals surface area contributed by atoms with Crippen molar-refractivity contribution in [3.63, 3.8) is 0 Å². The Morgan fingerprint density at radius 3 is 2.71 bits per heavy atom. The van der Waals surface area contributed by atoms with Crippen molar-refractivity contribution >= 4 is 11.9 Å². The number of morpholine rings is 1. The molecule has 3 rings (SSSR count). The van der Waals surface area contributed by atoms with Gasteiger partial charge in [0.1, 0.15) is 0 Å². The highest BCUT2D eigenvalue weighted by molar-refractivity contribution is 5.94. The quantitative estimate of drug-likeness (QED) is 0.874. The van der Waals surface area contributed by atoms with Crippen LogP contribution in [0, 0.1) is 0 Å². The van der Waals surface area contributed by atoms with Crippen LogP contribution in [0.3, 0.4) is 0 Å². The molecule has 1 amide bonds. The number of amides is 1. The molecule has 7 heteroatoms. The van der Waals surface area contributed by atoms with E-state index in [1.807, 2.05) is 11.8 Å². The van der Waals surface area contributed by atoms with Crippen molar-refractivity contribution in [3.05, 3.63) is 18.0 Å². The largest absolute Gasteiger partial charge is 0.379 e. The van der Waals surface area contributed by atoms with Gasteiger partial charge in [-0.2, -0.15) is 0 Å². The topological polar surface area (TPSA) is 70.6 Å². The third-order valence-electron chi connectivity index (χ3n) is 4.69. The van der Waals surface area contributed by atoms with Gasteiger partial charge in [-0.3, -0.25) is 9.69 Å². The molecule has 1 aromatic rings. The summed E-state index contributed by atoms with van der Waals surface area (Å²) >= 11 is 0. The summed E-state index contributed by atoms with van der Waals surface area (Å²) in [5.41, 5.74) is 0.575. The molecular weight excluding hydrogens is 306 g/mol. The first-order chi connectivity index (χ1) is 11.8. The average molecular weight is 333 g/mol. The number of ether oxygens (including phenoxy) is 1. The summed E-state index contributed by atoms with van der Waals surface area (Å²) in [6.45, 7) is 8.01. The number of rotatable bonds is 5. The lowest BCUT2D eigenvalue weighted by atomic mass is 10.0. The van der Waals surface area contributed by atoms with E-state index in [0.29, 0.717) is 11.5 Å². The van der Waals surface area contributed by atoms with Gasteiger partial charge < -0.3 is 15.0 Å². The van der Waals surface area contributed by atoms with Gasteiger partial charge in [0.15, 0.2) is 0 Å². The summed E-state index contributed by atoms with van der Waals surface area (Å²) in [7, 11) is 0. The van der Waals surface area contributed by atoms with Crippen molar-refractivity contribution in [3.8, 4) is 0 Å². The lowest BCUT2D eigenvalue weighted by Crippen LogP contribution is -2.51. The predicted molar refractivity (Wildman–Crippen MR) is 92.1 cm³/mol. The maximum atomic E-state index is 12.9. The van der Waals surface area contributed by atoms with E-state index in [4.69, 9.17) is 4.74 Å². The molecule has 3 heterocycles. The summed E-state index contributed by atoms with van der Waals surface area (Å²) in [5, 5.41) is 3.05. The molecule has 0 bridgehead atoms. The predicted octanol–water partition coefficient (Wildman–Crippen LogP) is 1.24. The van der Waals surface area contributed by atoms with E-state index >= 15 is 0 Å². The van der Waals surface area contributed by atoms with Gasteiger partial charge in [0.05, 0.1) is 18.8 Å². The lowest BCUT2D eigenvalue weighted by Gasteiger charge is -2.39. The second-order valence-electron chi connectivity index (χ2n) is 6.39. The molecule has 0 radical (unpaired) electrons. The van der Waals surface area contributed by atoms with Gasteiger partial charge in [-0.15, -0.1) is 0 Å². The normalized spacial score (nSPS) is 22.4. The molecule has 2 fully saturated rings. The number of nitrogens with zero attached hydrogens (tertiary/aromatic N) is 4. The monoisotopic (exact) mass is 333 g/mol. The van der Waals surface area contributed by atoms with Crippen LogP contribution in [0.15, 0.2) is 12.4 Å². The van der Waals surface area contributed by atoms with E-state index in [9.17, 15) is 4.79 Å². The molecule has 1 aromatic heterocycles. The molecule has 1 N–H and O–H groups in total. The van der Waals surface area contributed by atoms with Gasteiger partial charge in [-0.05, 0) is 26.2 Å². The first kappa shape index (κ1) is 17.1. The second-order valence-corrected chi connectivity index (χ2v) is 6.39. The molecule has 0 spiro atoms. The standard InChI is InChI=1S/C17H27N5O2/c1-2-18-17-19-11-14(12-20-17)16(23)22-6-4-3-5-15(22)13-21-7-9-24-10-8-21/h11-12,15H,2-10,13H2,1H3,(H,18,19,20)/t15-/m1/s1. The van der Waals surface area contributed by atoms with E-state index in [2.05, 4.69) is 20.2 Å². The van der Waals surface area contributed by atoms with Gasteiger partial charge in [0.25, 0.3) is 5.91 Å². The van der Waals surface area contributed by atoms with Crippen LogP contribution >= 0.6 is 0 Å². The highest BCUT2D eigenvalue weighted by Gasteiger charge is 2.29. The fourth-order valence-corrected chi connectivity index (χ4v) is 3.39. The first-order valence-electron chi connectivity index (χ1n) is 8.95. The number of hydrogen-bond donors (Lipinski definition) is 1. The number of hydrogen-bond acceptors (Lipinski definition) is 6. The molecule has 2 saturated heterocycles. The lowest BCUT2D eigenvalue weighted by molar-refractivity contribution is 0.0166. The number of piperidine rings is 1. The Hall–Kier alpha value is -1.73. The summed E-state index contributed by atoms with van der Waals surface area (Å²) in [6, 6.07) is 0.276. The van der Waals surface area contributed by atoms with E-state index in [1.54, 1.807) is 12.4 Å². The maximum Gasteiger partial charge on any atom is 0.257 e. The van der Waals surface area contributed by atoms with E-state index in [0.717, 1.165) is 58.8 Å². The van der Waals surface area contributed by atoms with Gasteiger partial charge in [0.2, 0.25) is 5.95 Å². The molecular formula is C17H27N5O2. The van der Waals surface area contributed by atoms with E-state index < -0.39 is 0 Å². The second kappa shape index (κ2) is 8.39. The van der Waals surface area contributed by atoms with Crippen molar-refractivity contribution in [2.75, 3.05) is 51.3 Å². The van der Waals surface area contributed by atoms with Crippen LogP contribution in [0.5, 0.6) is 0 Å². The van der Waals surface area contributed by atoms with Crippen LogP contribution in [0.25, 0.3) is 0 Å². The van der Waals surface area contributed by atoms with Crippen LogP contribution < -0.4 is 5.32 Å². The van der Waals surface area contributed by atoms with Crippen molar-refractivity contribution in [2.45, 2.75) is 32.2 Å². The fraction of sp³-hybridized carbons (Fsp3) is 0.706. The first-order valence-corrected chi connectivity index (χ1v) is 8.95.